The van der Waals surface area contributed by atoms with Gasteiger partial charge in [0.25, 0.3) is 0 Å². The molecular formula is C25H30N2O2S. The van der Waals surface area contributed by atoms with Gasteiger partial charge >= 0.3 is 0 Å². The van der Waals surface area contributed by atoms with E-state index in [1.165, 1.54) is 30.2 Å². The SMILES string of the molecule is CCCCc1ccc(NC(=O)C(CC)Sc2cc(C)c3cccc(OC)c3n2)cc1. The van der Waals surface area contributed by atoms with Gasteiger partial charge in [-0.05, 0) is 61.6 Å². The van der Waals surface area contributed by atoms with Crippen molar-refractivity contribution in [2.24, 2.45) is 0 Å². The number of amides is 1. The Balaban J connectivity index is 1.74. The molecule has 0 aliphatic heterocycles. The number of anilines is 1. The molecule has 3 aromatic rings. The van der Waals surface area contributed by atoms with Gasteiger partial charge in [-0.1, -0.05) is 56.3 Å². The molecule has 0 aliphatic rings. The Morgan fingerprint density at radius 3 is 2.60 bits per heavy atom. The monoisotopic (exact) mass is 422 g/mol. The van der Waals surface area contributed by atoms with E-state index in [1.807, 2.05) is 43.3 Å². The molecule has 0 aliphatic carbocycles. The van der Waals surface area contributed by atoms with Crippen molar-refractivity contribution >= 4 is 34.3 Å². The van der Waals surface area contributed by atoms with Gasteiger partial charge in [-0.25, -0.2) is 4.98 Å². The van der Waals surface area contributed by atoms with Crippen LogP contribution in [0.4, 0.5) is 5.69 Å². The number of methoxy groups -OCH3 is 1. The van der Waals surface area contributed by atoms with Crippen LogP contribution < -0.4 is 10.1 Å². The van der Waals surface area contributed by atoms with Gasteiger partial charge in [0.1, 0.15) is 11.3 Å². The van der Waals surface area contributed by atoms with Crippen LogP contribution in [-0.4, -0.2) is 23.3 Å². The van der Waals surface area contributed by atoms with E-state index in [0.29, 0.717) is 0 Å². The van der Waals surface area contributed by atoms with Crippen LogP contribution >= 0.6 is 11.8 Å². The van der Waals surface area contributed by atoms with Crippen molar-refractivity contribution in [2.75, 3.05) is 12.4 Å². The van der Waals surface area contributed by atoms with Gasteiger partial charge in [0.2, 0.25) is 5.91 Å². The number of nitrogens with zero attached hydrogens (tertiary/aromatic N) is 1. The summed E-state index contributed by atoms with van der Waals surface area (Å²) in [6, 6.07) is 16.1. The minimum atomic E-state index is -0.219. The van der Waals surface area contributed by atoms with Crippen LogP contribution in [-0.2, 0) is 11.2 Å². The molecule has 0 radical (unpaired) electrons. The number of fused-ring (bicyclic) bond motifs is 1. The Morgan fingerprint density at radius 2 is 1.93 bits per heavy atom. The molecule has 1 unspecified atom stereocenters. The standard InChI is InChI=1S/C25H30N2O2S/c1-5-7-9-18-12-14-19(15-13-18)26-25(28)22(6-2)30-23-16-17(3)20-10-8-11-21(29-4)24(20)27-23/h8,10-16,22H,5-7,9H2,1-4H3,(H,26,28). The summed E-state index contributed by atoms with van der Waals surface area (Å²) < 4.78 is 5.48. The van der Waals surface area contributed by atoms with E-state index in [-0.39, 0.29) is 11.2 Å². The average molecular weight is 423 g/mol. The van der Waals surface area contributed by atoms with Gasteiger partial charge < -0.3 is 10.1 Å². The predicted octanol–water partition coefficient (Wildman–Crippen LogP) is 6.40. The second kappa shape index (κ2) is 10.5. The van der Waals surface area contributed by atoms with Gasteiger partial charge in [-0.3, -0.25) is 4.79 Å². The zero-order valence-electron chi connectivity index (χ0n) is 18.2. The molecule has 0 saturated heterocycles. The quantitative estimate of drug-likeness (QED) is 0.405. The molecular weight excluding hydrogens is 392 g/mol. The van der Waals surface area contributed by atoms with Gasteiger partial charge in [0.05, 0.1) is 17.4 Å². The fourth-order valence-electron chi connectivity index (χ4n) is 3.41. The highest BCUT2D eigenvalue weighted by atomic mass is 32.2. The van der Waals surface area contributed by atoms with E-state index in [1.54, 1.807) is 7.11 Å². The van der Waals surface area contributed by atoms with E-state index >= 15 is 0 Å². The van der Waals surface area contributed by atoms with Crippen LogP contribution in [0.25, 0.3) is 10.9 Å². The summed E-state index contributed by atoms with van der Waals surface area (Å²) in [4.78, 5) is 17.7. The second-order valence-electron chi connectivity index (χ2n) is 7.44. The summed E-state index contributed by atoms with van der Waals surface area (Å²) in [7, 11) is 1.65. The number of hydrogen-bond donors (Lipinski definition) is 1. The number of ether oxygens (including phenoxy) is 1. The third kappa shape index (κ3) is 5.33. The zero-order valence-corrected chi connectivity index (χ0v) is 19.0. The summed E-state index contributed by atoms with van der Waals surface area (Å²) >= 11 is 1.50. The van der Waals surface area contributed by atoms with Crippen molar-refractivity contribution in [3.8, 4) is 5.75 Å². The molecule has 1 aromatic heterocycles. The molecule has 3 rings (SSSR count). The Morgan fingerprint density at radius 1 is 1.17 bits per heavy atom. The molecule has 5 heteroatoms. The average Bonchev–Trinajstić information content (AvgIpc) is 2.76. The first kappa shape index (κ1) is 22.2. The van der Waals surface area contributed by atoms with E-state index < -0.39 is 0 Å². The lowest BCUT2D eigenvalue weighted by molar-refractivity contribution is -0.115. The summed E-state index contributed by atoms with van der Waals surface area (Å²) in [6.07, 6.45) is 4.16. The molecule has 4 nitrogen and oxygen atoms in total. The molecule has 0 spiro atoms. The maximum atomic E-state index is 12.9. The van der Waals surface area contributed by atoms with E-state index in [4.69, 9.17) is 9.72 Å². The Bertz CT molecular complexity index is 1000. The highest BCUT2D eigenvalue weighted by Crippen LogP contribution is 2.32. The predicted molar refractivity (Wildman–Crippen MR) is 127 cm³/mol. The number of carbonyl (C=O) groups is 1. The number of aryl methyl sites for hydroxylation is 2. The van der Waals surface area contributed by atoms with Gasteiger partial charge in [0, 0.05) is 11.1 Å². The molecule has 0 bridgehead atoms. The largest absolute Gasteiger partial charge is 0.494 e. The molecule has 0 fully saturated rings. The first-order valence-corrected chi connectivity index (χ1v) is 11.4. The number of unbranched alkanes of at least 4 members (excludes halogenated alkanes) is 1. The minimum Gasteiger partial charge on any atom is -0.494 e. The topological polar surface area (TPSA) is 51.2 Å². The van der Waals surface area contributed by atoms with Crippen LogP contribution in [0.1, 0.15) is 44.2 Å². The number of benzene rings is 2. The van der Waals surface area contributed by atoms with Gasteiger partial charge in [-0.2, -0.15) is 0 Å². The van der Waals surface area contributed by atoms with Crippen molar-refractivity contribution in [2.45, 2.75) is 56.7 Å². The highest BCUT2D eigenvalue weighted by molar-refractivity contribution is 8.00. The van der Waals surface area contributed by atoms with E-state index in [9.17, 15) is 4.79 Å². The Hall–Kier alpha value is -2.53. The third-order valence-electron chi connectivity index (χ3n) is 5.17. The maximum Gasteiger partial charge on any atom is 0.237 e. The number of aromatic nitrogens is 1. The van der Waals surface area contributed by atoms with Gasteiger partial charge in [0.15, 0.2) is 0 Å². The highest BCUT2D eigenvalue weighted by Gasteiger charge is 2.20. The Labute approximate surface area is 183 Å². The third-order valence-corrected chi connectivity index (χ3v) is 6.46. The fourth-order valence-corrected chi connectivity index (χ4v) is 4.43. The number of hydrogen-bond acceptors (Lipinski definition) is 4. The molecule has 1 amide bonds. The van der Waals surface area contributed by atoms with Crippen molar-refractivity contribution in [1.29, 1.82) is 0 Å². The molecule has 30 heavy (non-hydrogen) atoms. The maximum absolute atomic E-state index is 12.9. The van der Waals surface area contributed by atoms with Crippen LogP contribution in [0.15, 0.2) is 53.6 Å². The zero-order chi connectivity index (χ0) is 21.5. The number of para-hydroxylation sites is 1. The Kier molecular flexibility index (Phi) is 7.75. The molecule has 1 N–H and O–H groups in total. The van der Waals surface area contributed by atoms with Crippen molar-refractivity contribution in [3.05, 3.63) is 59.7 Å². The first-order valence-electron chi connectivity index (χ1n) is 10.6. The van der Waals surface area contributed by atoms with Gasteiger partial charge in [-0.15, -0.1) is 0 Å². The number of nitrogens with one attached hydrogen (secondary N) is 1. The van der Waals surface area contributed by atoms with E-state index in [2.05, 4.69) is 31.3 Å². The molecule has 2 aromatic carbocycles. The minimum absolute atomic E-state index is 0.00313. The number of pyridine rings is 1. The molecule has 0 saturated carbocycles. The summed E-state index contributed by atoms with van der Waals surface area (Å²) in [5, 5.41) is 4.74. The lowest BCUT2D eigenvalue weighted by Crippen LogP contribution is -2.24. The first-order chi connectivity index (χ1) is 14.5. The molecule has 1 heterocycles. The normalized spacial score (nSPS) is 12.0. The van der Waals surface area contributed by atoms with Crippen LogP contribution in [0.3, 0.4) is 0 Å². The van der Waals surface area contributed by atoms with Crippen molar-refractivity contribution in [3.63, 3.8) is 0 Å². The van der Waals surface area contributed by atoms with Crippen LogP contribution in [0.5, 0.6) is 5.75 Å². The van der Waals surface area contributed by atoms with Crippen LogP contribution in [0.2, 0.25) is 0 Å². The van der Waals surface area contributed by atoms with Crippen LogP contribution in [0, 0.1) is 6.92 Å². The van der Waals surface area contributed by atoms with Crippen molar-refractivity contribution in [1.82, 2.24) is 4.98 Å². The smallest absolute Gasteiger partial charge is 0.237 e. The lowest BCUT2D eigenvalue weighted by atomic mass is 10.1. The van der Waals surface area contributed by atoms with E-state index in [0.717, 1.165) is 45.8 Å². The second-order valence-corrected chi connectivity index (χ2v) is 8.66. The van der Waals surface area contributed by atoms with Crippen molar-refractivity contribution < 1.29 is 9.53 Å². The number of rotatable bonds is 9. The number of thioether (sulfide) groups is 1. The lowest BCUT2D eigenvalue weighted by Gasteiger charge is -2.16. The molecule has 1 atom stereocenters. The number of carbonyl (C=O) groups excluding carboxylic acids is 1. The summed E-state index contributed by atoms with van der Waals surface area (Å²) in [5.74, 6) is 0.752. The molecule has 158 valence electrons. The fraction of sp³-hybridized carbons (Fsp3) is 0.360. The summed E-state index contributed by atoms with van der Waals surface area (Å²) in [5.41, 5.74) is 4.10. The summed E-state index contributed by atoms with van der Waals surface area (Å²) in [6.45, 7) is 6.29.